The minimum atomic E-state index is 0. The van der Waals surface area contributed by atoms with Gasteiger partial charge in [-0.05, 0) is 6.42 Å². The van der Waals surface area contributed by atoms with Crippen LogP contribution in [0.3, 0.4) is 0 Å². The van der Waals surface area contributed by atoms with E-state index in [0.29, 0.717) is 0 Å². The van der Waals surface area contributed by atoms with Crippen LogP contribution in [0, 0.1) is 0 Å². The van der Waals surface area contributed by atoms with Crippen LogP contribution in [0.1, 0.15) is 6.42 Å². The number of aromatic nitrogens is 3. The molecule has 0 bridgehead atoms. The third kappa shape index (κ3) is 4.41. The zero-order chi connectivity index (χ0) is 10.3. The SMILES string of the molecule is [Y].c1ccc([N-]CCCn2cncn2)cc1. The second-order valence-corrected chi connectivity index (χ2v) is 3.23. The Bertz CT molecular complexity index is 374. The van der Waals surface area contributed by atoms with Gasteiger partial charge in [-0.2, -0.15) is 5.10 Å². The molecule has 0 atom stereocenters. The van der Waals surface area contributed by atoms with Crippen LogP contribution in [-0.4, -0.2) is 21.3 Å². The molecule has 0 spiro atoms. The molecule has 0 aliphatic rings. The number of para-hydroxylation sites is 1. The zero-order valence-corrected chi connectivity index (χ0v) is 11.9. The molecule has 0 amide bonds. The maximum atomic E-state index is 4.44. The topological polar surface area (TPSA) is 44.8 Å². The second kappa shape index (κ2) is 7.52. The Hall–Kier alpha value is -0.736. The number of hydrogen-bond donors (Lipinski definition) is 0. The smallest absolute Gasteiger partial charge is 0.137 e. The first-order chi connectivity index (χ1) is 7.45. The van der Waals surface area contributed by atoms with Crippen molar-refractivity contribution >= 4 is 5.69 Å². The Labute approximate surface area is 120 Å². The van der Waals surface area contributed by atoms with Gasteiger partial charge in [-0.3, -0.25) is 4.68 Å². The molecule has 1 aromatic heterocycles. The van der Waals surface area contributed by atoms with Gasteiger partial charge in [-0.15, -0.1) is 12.2 Å². The predicted octanol–water partition coefficient (Wildman–Crippen LogP) is 2.37. The van der Waals surface area contributed by atoms with Gasteiger partial charge in [0.05, 0.1) is 0 Å². The molecule has 2 aromatic rings. The molecule has 1 radical (unpaired) electrons. The van der Waals surface area contributed by atoms with E-state index >= 15 is 0 Å². The summed E-state index contributed by atoms with van der Waals surface area (Å²) in [6.07, 6.45) is 4.26. The van der Waals surface area contributed by atoms with E-state index in [4.69, 9.17) is 0 Å². The van der Waals surface area contributed by atoms with Gasteiger partial charge in [-0.25, -0.2) is 4.98 Å². The summed E-state index contributed by atoms with van der Waals surface area (Å²) in [7, 11) is 0. The molecule has 0 saturated carbocycles. The van der Waals surface area contributed by atoms with E-state index in [1.807, 2.05) is 35.0 Å². The van der Waals surface area contributed by atoms with Gasteiger partial charge >= 0.3 is 0 Å². The van der Waals surface area contributed by atoms with Gasteiger partial charge in [0.1, 0.15) is 12.7 Å². The van der Waals surface area contributed by atoms with Crippen molar-refractivity contribution in [3.8, 4) is 0 Å². The normalized spacial score (nSPS) is 9.50. The molecule has 4 nitrogen and oxygen atoms in total. The van der Waals surface area contributed by atoms with Crippen molar-refractivity contribution in [1.82, 2.24) is 14.8 Å². The first-order valence-electron chi connectivity index (χ1n) is 5.00. The number of nitrogens with zero attached hydrogens (tertiary/aromatic N) is 4. The molecule has 0 aliphatic heterocycles. The number of benzene rings is 1. The van der Waals surface area contributed by atoms with E-state index in [1.54, 1.807) is 12.7 Å². The van der Waals surface area contributed by atoms with Crippen molar-refractivity contribution < 1.29 is 32.7 Å². The third-order valence-corrected chi connectivity index (χ3v) is 2.06. The Morgan fingerprint density at radius 2 is 2.00 bits per heavy atom. The summed E-state index contributed by atoms with van der Waals surface area (Å²) in [5.74, 6) is 0. The zero-order valence-electron chi connectivity index (χ0n) is 9.03. The van der Waals surface area contributed by atoms with E-state index < -0.39 is 0 Å². The van der Waals surface area contributed by atoms with Crippen LogP contribution in [0.25, 0.3) is 5.32 Å². The molecule has 1 aromatic carbocycles. The van der Waals surface area contributed by atoms with E-state index in [-0.39, 0.29) is 32.7 Å². The fourth-order valence-electron chi connectivity index (χ4n) is 1.32. The largest absolute Gasteiger partial charge is 0.684 e. The molecule has 81 valence electrons. The molecule has 0 aliphatic carbocycles. The van der Waals surface area contributed by atoms with Gasteiger partial charge in [0, 0.05) is 39.3 Å². The Balaban J connectivity index is 0.00000128. The minimum Gasteiger partial charge on any atom is -0.684 e. The number of rotatable bonds is 5. The standard InChI is InChI=1S/C11H13N4.Y/c1-2-5-11(6-3-1)13-7-4-8-15-10-12-9-14-15;/h1-3,5-6,9-10H,4,7-8H2;/q-1;. The molecule has 5 heteroatoms. The first kappa shape index (κ1) is 13.3. The molecule has 0 fully saturated rings. The molecular formula is C11H13N4Y-. The first-order valence-corrected chi connectivity index (χ1v) is 5.00. The summed E-state index contributed by atoms with van der Waals surface area (Å²) in [5.41, 5.74) is 1.04. The van der Waals surface area contributed by atoms with Crippen molar-refractivity contribution in [3.05, 3.63) is 48.3 Å². The van der Waals surface area contributed by atoms with Crippen molar-refractivity contribution in [3.63, 3.8) is 0 Å². The Morgan fingerprint density at radius 1 is 1.19 bits per heavy atom. The summed E-state index contributed by atoms with van der Waals surface area (Å²) in [4.78, 5) is 3.88. The molecule has 0 N–H and O–H groups in total. The van der Waals surface area contributed by atoms with Crippen LogP contribution in [0.2, 0.25) is 0 Å². The van der Waals surface area contributed by atoms with Crippen molar-refractivity contribution in [2.75, 3.05) is 6.54 Å². The van der Waals surface area contributed by atoms with Gasteiger partial charge in [0.2, 0.25) is 0 Å². The molecule has 16 heavy (non-hydrogen) atoms. The number of hydrogen-bond acceptors (Lipinski definition) is 2. The number of aryl methyl sites for hydroxylation is 1. The summed E-state index contributed by atoms with van der Waals surface area (Å²) < 4.78 is 1.82. The van der Waals surface area contributed by atoms with Crippen molar-refractivity contribution in [2.24, 2.45) is 0 Å². The average molecular weight is 290 g/mol. The van der Waals surface area contributed by atoms with Gasteiger partial charge in [0.15, 0.2) is 0 Å². The average Bonchev–Trinajstić information content (AvgIpc) is 2.79. The fourth-order valence-corrected chi connectivity index (χ4v) is 1.32. The second-order valence-electron chi connectivity index (χ2n) is 3.23. The molecular weight excluding hydrogens is 277 g/mol. The van der Waals surface area contributed by atoms with E-state index in [2.05, 4.69) is 15.4 Å². The van der Waals surface area contributed by atoms with E-state index in [0.717, 1.165) is 25.2 Å². The maximum absolute atomic E-state index is 4.44. The van der Waals surface area contributed by atoms with Crippen molar-refractivity contribution in [1.29, 1.82) is 0 Å². The van der Waals surface area contributed by atoms with Crippen LogP contribution in [0.15, 0.2) is 43.0 Å². The summed E-state index contributed by atoms with van der Waals surface area (Å²) >= 11 is 0. The van der Waals surface area contributed by atoms with E-state index in [1.165, 1.54) is 0 Å². The van der Waals surface area contributed by atoms with Crippen LogP contribution < -0.4 is 0 Å². The maximum Gasteiger partial charge on any atom is 0.137 e. The summed E-state index contributed by atoms with van der Waals surface area (Å²) in [6.45, 7) is 1.69. The van der Waals surface area contributed by atoms with Crippen molar-refractivity contribution in [2.45, 2.75) is 13.0 Å². The third-order valence-electron chi connectivity index (χ3n) is 2.06. The predicted molar refractivity (Wildman–Crippen MR) is 59.0 cm³/mol. The Kier molecular flexibility index (Phi) is 6.27. The molecule has 0 unspecified atom stereocenters. The summed E-state index contributed by atoms with van der Waals surface area (Å²) in [6, 6.07) is 10.0. The van der Waals surface area contributed by atoms with Gasteiger partial charge in [-0.1, -0.05) is 30.3 Å². The van der Waals surface area contributed by atoms with Crippen LogP contribution >= 0.6 is 0 Å². The van der Waals surface area contributed by atoms with Gasteiger partial charge in [0.25, 0.3) is 0 Å². The minimum absolute atomic E-state index is 0. The molecule has 0 saturated heterocycles. The van der Waals surface area contributed by atoms with Crippen LogP contribution in [0.5, 0.6) is 0 Å². The fraction of sp³-hybridized carbons (Fsp3) is 0.273. The van der Waals surface area contributed by atoms with E-state index in [9.17, 15) is 0 Å². The Morgan fingerprint density at radius 3 is 2.69 bits per heavy atom. The van der Waals surface area contributed by atoms with Gasteiger partial charge < -0.3 is 5.32 Å². The molecule has 2 rings (SSSR count). The summed E-state index contributed by atoms with van der Waals surface area (Å²) in [5, 5.41) is 8.47. The van der Waals surface area contributed by atoms with Crippen LogP contribution in [-0.2, 0) is 39.3 Å². The van der Waals surface area contributed by atoms with Crippen LogP contribution in [0.4, 0.5) is 5.69 Å². The monoisotopic (exact) mass is 290 g/mol. The quantitative estimate of drug-likeness (QED) is 0.794. The molecule has 1 heterocycles.